The van der Waals surface area contributed by atoms with Gasteiger partial charge in [-0.25, -0.2) is 14.0 Å². The molecule has 0 radical (unpaired) electrons. The monoisotopic (exact) mass is 296 g/mol. The Labute approximate surface area is 121 Å². The van der Waals surface area contributed by atoms with Crippen LogP contribution in [0.4, 0.5) is 14.9 Å². The summed E-state index contributed by atoms with van der Waals surface area (Å²) in [7, 11) is 0. The van der Waals surface area contributed by atoms with E-state index < -0.39 is 17.8 Å². The van der Waals surface area contributed by atoms with E-state index in [1.165, 1.54) is 0 Å². The number of hydrogen-bond acceptors (Lipinski definition) is 3. The van der Waals surface area contributed by atoms with Crippen LogP contribution in [-0.2, 0) is 4.74 Å². The predicted molar refractivity (Wildman–Crippen MR) is 73.9 cm³/mol. The highest BCUT2D eigenvalue weighted by Crippen LogP contribution is 2.18. The molecular weight excluding hydrogens is 279 g/mol. The van der Waals surface area contributed by atoms with Gasteiger partial charge < -0.3 is 20.5 Å². The number of carboxylic acid groups (broad SMARTS) is 1. The molecule has 2 rings (SSSR count). The minimum atomic E-state index is -1.24. The minimum absolute atomic E-state index is 0.0535. The van der Waals surface area contributed by atoms with Crippen LogP contribution in [0, 0.1) is 5.82 Å². The molecule has 1 aliphatic rings. The Kier molecular flexibility index (Phi) is 4.74. The number of carboxylic acids is 1. The second kappa shape index (κ2) is 6.53. The van der Waals surface area contributed by atoms with Gasteiger partial charge in [0.25, 0.3) is 0 Å². The Morgan fingerprint density at radius 3 is 2.86 bits per heavy atom. The van der Waals surface area contributed by atoms with E-state index in [9.17, 15) is 14.0 Å². The average molecular weight is 296 g/mol. The number of carbonyl (C=O) groups is 2. The third-order valence-electron chi connectivity index (χ3n) is 3.34. The standard InChI is InChI=1S/C14H17FN2O4/c1-8(12-3-2-6-21-12)16-14(20)17-11-7-9(15)4-5-10(11)13(18)19/h4-5,7-8,12H,2-3,6H2,1H3,(H,18,19)(H2,16,17,20). The van der Waals surface area contributed by atoms with E-state index in [-0.39, 0.29) is 23.4 Å². The molecule has 0 bridgehead atoms. The maximum atomic E-state index is 13.2. The predicted octanol–water partition coefficient (Wildman–Crippen LogP) is 2.21. The van der Waals surface area contributed by atoms with Gasteiger partial charge in [0.1, 0.15) is 5.82 Å². The van der Waals surface area contributed by atoms with E-state index in [1.54, 1.807) is 6.92 Å². The summed E-state index contributed by atoms with van der Waals surface area (Å²) in [5.41, 5.74) is -0.254. The van der Waals surface area contributed by atoms with Crippen molar-refractivity contribution in [2.75, 3.05) is 11.9 Å². The lowest BCUT2D eigenvalue weighted by Crippen LogP contribution is -2.43. The fourth-order valence-electron chi connectivity index (χ4n) is 2.26. The number of hydrogen-bond donors (Lipinski definition) is 3. The van der Waals surface area contributed by atoms with Gasteiger partial charge in [-0.05, 0) is 38.0 Å². The molecule has 0 aromatic heterocycles. The van der Waals surface area contributed by atoms with Crippen molar-refractivity contribution in [3.05, 3.63) is 29.6 Å². The van der Waals surface area contributed by atoms with E-state index >= 15 is 0 Å². The van der Waals surface area contributed by atoms with Crippen molar-refractivity contribution in [2.24, 2.45) is 0 Å². The van der Waals surface area contributed by atoms with Gasteiger partial charge in [0.2, 0.25) is 0 Å². The van der Waals surface area contributed by atoms with Crippen LogP contribution in [0.1, 0.15) is 30.1 Å². The zero-order valence-corrected chi connectivity index (χ0v) is 11.6. The highest BCUT2D eigenvalue weighted by Gasteiger charge is 2.24. The van der Waals surface area contributed by atoms with E-state index in [4.69, 9.17) is 9.84 Å². The van der Waals surface area contributed by atoms with Gasteiger partial charge in [0, 0.05) is 6.61 Å². The summed E-state index contributed by atoms with van der Waals surface area (Å²) >= 11 is 0. The first-order valence-corrected chi connectivity index (χ1v) is 6.69. The Bertz CT molecular complexity index is 544. The van der Waals surface area contributed by atoms with Crippen molar-refractivity contribution in [1.29, 1.82) is 0 Å². The average Bonchev–Trinajstić information content (AvgIpc) is 2.91. The van der Waals surface area contributed by atoms with E-state index in [0.717, 1.165) is 31.0 Å². The maximum absolute atomic E-state index is 13.2. The van der Waals surface area contributed by atoms with Gasteiger partial charge in [-0.15, -0.1) is 0 Å². The number of halogens is 1. The minimum Gasteiger partial charge on any atom is -0.478 e. The molecule has 1 aromatic carbocycles. The van der Waals surface area contributed by atoms with E-state index in [2.05, 4.69) is 10.6 Å². The quantitative estimate of drug-likeness (QED) is 0.795. The lowest BCUT2D eigenvalue weighted by Gasteiger charge is -2.20. The summed E-state index contributed by atoms with van der Waals surface area (Å²) in [6.07, 6.45) is 1.76. The molecule has 2 atom stereocenters. The van der Waals surface area contributed by atoms with Crippen molar-refractivity contribution < 1.29 is 23.8 Å². The molecule has 114 valence electrons. The van der Waals surface area contributed by atoms with Crippen LogP contribution >= 0.6 is 0 Å². The highest BCUT2D eigenvalue weighted by atomic mass is 19.1. The molecule has 6 nitrogen and oxygen atoms in total. The third-order valence-corrected chi connectivity index (χ3v) is 3.34. The summed E-state index contributed by atoms with van der Waals surface area (Å²) in [5.74, 6) is -1.86. The highest BCUT2D eigenvalue weighted by molar-refractivity contribution is 6.00. The van der Waals surface area contributed by atoms with E-state index in [1.807, 2.05) is 0 Å². The topological polar surface area (TPSA) is 87.7 Å². The molecule has 1 aromatic rings. The molecular formula is C14H17FN2O4. The molecule has 21 heavy (non-hydrogen) atoms. The Morgan fingerprint density at radius 2 is 2.24 bits per heavy atom. The first-order valence-electron chi connectivity index (χ1n) is 6.69. The number of urea groups is 1. The van der Waals surface area contributed by atoms with Crippen molar-refractivity contribution >= 4 is 17.7 Å². The van der Waals surface area contributed by atoms with Crippen molar-refractivity contribution in [3.8, 4) is 0 Å². The van der Waals surface area contributed by atoms with Crippen LogP contribution in [0.5, 0.6) is 0 Å². The molecule has 1 saturated heterocycles. The summed E-state index contributed by atoms with van der Waals surface area (Å²) in [5, 5.41) is 14.0. The number of ether oxygens (including phenoxy) is 1. The van der Waals surface area contributed by atoms with Gasteiger partial charge in [0.05, 0.1) is 23.4 Å². The molecule has 3 N–H and O–H groups in total. The van der Waals surface area contributed by atoms with Crippen molar-refractivity contribution in [1.82, 2.24) is 5.32 Å². The molecule has 0 spiro atoms. The van der Waals surface area contributed by atoms with Gasteiger partial charge in [0.15, 0.2) is 0 Å². The summed E-state index contributed by atoms with van der Waals surface area (Å²) in [4.78, 5) is 22.9. The van der Waals surface area contributed by atoms with Gasteiger partial charge in [-0.2, -0.15) is 0 Å². The molecule has 2 unspecified atom stereocenters. The third kappa shape index (κ3) is 3.91. The van der Waals surface area contributed by atoms with Crippen LogP contribution in [0.25, 0.3) is 0 Å². The van der Waals surface area contributed by atoms with Gasteiger partial charge >= 0.3 is 12.0 Å². The van der Waals surface area contributed by atoms with Crippen LogP contribution in [0.15, 0.2) is 18.2 Å². The summed E-state index contributed by atoms with van der Waals surface area (Å²) in [6, 6.07) is 2.30. The Morgan fingerprint density at radius 1 is 1.48 bits per heavy atom. The largest absolute Gasteiger partial charge is 0.478 e. The zero-order chi connectivity index (χ0) is 15.4. The molecule has 1 fully saturated rings. The Balaban J connectivity index is 2.02. The number of amides is 2. The van der Waals surface area contributed by atoms with Crippen LogP contribution in [-0.4, -0.2) is 35.9 Å². The number of carbonyl (C=O) groups excluding carboxylic acids is 1. The normalized spacial score (nSPS) is 19.0. The van der Waals surface area contributed by atoms with Gasteiger partial charge in [-0.1, -0.05) is 0 Å². The second-order valence-corrected chi connectivity index (χ2v) is 4.93. The number of anilines is 1. The smallest absolute Gasteiger partial charge is 0.337 e. The fourth-order valence-corrected chi connectivity index (χ4v) is 2.26. The van der Waals surface area contributed by atoms with Crippen LogP contribution in [0.2, 0.25) is 0 Å². The molecule has 0 aliphatic carbocycles. The van der Waals surface area contributed by atoms with E-state index in [0.29, 0.717) is 6.61 Å². The number of benzene rings is 1. The Hall–Kier alpha value is -2.15. The lowest BCUT2D eigenvalue weighted by atomic mass is 10.1. The summed E-state index contributed by atoms with van der Waals surface area (Å²) in [6.45, 7) is 2.48. The van der Waals surface area contributed by atoms with Crippen LogP contribution < -0.4 is 10.6 Å². The van der Waals surface area contributed by atoms with Crippen molar-refractivity contribution in [3.63, 3.8) is 0 Å². The number of rotatable bonds is 4. The molecule has 1 heterocycles. The maximum Gasteiger partial charge on any atom is 0.337 e. The lowest BCUT2D eigenvalue weighted by molar-refractivity contribution is 0.0698. The molecule has 2 amide bonds. The summed E-state index contributed by atoms with van der Waals surface area (Å²) < 4.78 is 18.6. The second-order valence-electron chi connectivity index (χ2n) is 4.93. The van der Waals surface area contributed by atoms with Crippen LogP contribution in [0.3, 0.4) is 0 Å². The first kappa shape index (κ1) is 15.2. The number of aromatic carboxylic acids is 1. The molecule has 0 saturated carbocycles. The fraction of sp³-hybridized carbons (Fsp3) is 0.429. The SMILES string of the molecule is CC(NC(=O)Nc1cc(F)ccc1C(=O)O)C1CCCO1. The van der Waals surface area contributed by atoms with Crippen molar-refractivity contribution in [2.45, 2.75) is 31.9 Å². The molecule has 1 aliphatic heterocycles. The number of nitrogens with one attached hydrogen (secondary N) is 2. The molecule has 7 heteroatoms. The van der Waals surface area contributed by atoms with Gasteiger partial charge in [-0.3, -0.25) is 0 Å². The first-order chi connectivity index (χ1) is 9.97. The zero-order valence-electron chi connectivity index (χ0n) is 11.6.